The molecule has 4 heteroatoms. The van der Waals surface area contributed by atoms with Crippen molar-refractivity contribution in [2.45, 2.75) is 26.9 Å². The number of aryl methyl sites for hydroxylation is 1. The predicted octanol–water partition coefficient (Wildman–Crippen LogP) is 3.95. The van der Waals surface area contributed by atoms with Gasteiger partial charge in [0.2, 0.25) is 0 Å². The summed E-state index contributed by atoms with van der Waals surface area (Å²) in [4.78, 5) is 5.68. The monoisotopic (exact) mass is 274 g/mol. The van der Waals surface area contributed by atoms with Crippen molar-refractivity contribution in [1.29, 1.82) is 0 Å². The summed E-state index contributed by atoms with van der Waals surface area (Å²) in [6.07, 6.45) is 0.249. The number of aromatic nitrogens is 1. The maximum atomic E-state index is 6.02. The summed E-state index contributed by atoms with van der Waals surface area (Å²) < 4.78 is 6.02. The second-order valence-electron chi connectivity index (χ2n) is 5.25. The predicted molar refractivity (Wildman–Crippen MR) is 80.0 cm³/mol. The van der Waals surface area contributed by atoms with Crippen LogP contribution in [0.15, 0.2) is 23.7 Å². The Kier molecular flexibility index (Phi) is 3.19. The number of hydrogen-bond acceptors (Lipinski definition) is 4. The second kappa shape index (κ2) is 4.85. The highest BCUT2D eigenvalue weighted by Gasteiger charge is 2.22. The number of thiazole rings is 1. The van der Waals surface area contributed by atoms with E-state index in [1.165, 1.54) is 4.88 Å². The third-order valence-electron chi connectivity index (χ3n) is 3.51. The lowest BCUT2D eigenvalue weighted by atomic mass is 10.0. The molecule has 2 aromatic rings. The Labute approximate surface area is 117 Å². The van der Waals surface area contributed by atoms with Crippen LogP contribution in [-0.4, -0.2) is 17.6 Å². The Morgan fingerprint density at radius 3 is 2.95 bits per heavy atom. The molecule has 1 unspecified atom stereocenters. The van der Waals surface area contributed by atoms with Crippen molar-refractivity contribution in [3.05, 3.63) is 28.6 Å². The number of rotatable bonds is 2. The minimum absolute atomic E-state index is 0.249. The molecule has 3 nitrogen and oxygen atoms in total. The second-order valence-corrected chi connectivity index (χ2v) is 6.31. The fourth-order valence-electron chi connectivity index (χ4n) is 2.29. The lowest BCUT2D eigenvalue weighted by Crippen LogP contribution is -2.34. The van der Waals surface area contributed by atoms with Gasteiger partial charge in [-0.2, -0.15) is 0 Å². The number of hydrogen-bond donors (Lipinski definition) is 1. The first-order chi connectivity index (χ1) is 9.15. The minimum atomic E-state index is 0.249. The number of anilines is 1. The average molecular weight is 274 g/mol. The summed E-state index contributed by atoms with van der Waals surface area (Å²) in [6.45, 7) is 7.34. The Bertz CT molecular complexity index is 592. The summed E-state index contributed by atoms with van der Waals surface area (Å²) in [5, 5.41) is 3.47. The van der Waals surface area contributed by atoms with Crippen LogP contribution in [0.25, 0.3) is 11.3 Å². The van der Waals surface area contributed by atoms with E-state index in [0.717, 1.165) is 29.2 Å². The standard InChI is InChI=1S/C15H18N2OS/c1-9(2)14-7-16-12-6-11(4-5-13(12)18-14)15-10(3)19-8-17-15/h4-6,8-9,14,16H,7H2,1-3H3. The highest BCUT2D eigenvalue weighted by Crippen LogP contribution is 2.35. The molecule has 0 bridgehead atoms. The molecule has 0 aliphatic carbocycles. The van der Waals surface area contributed by atoms with Gasteiger partial charge in [0.05, 0.1) is 23.4 Å². The number of fused-ring (bicyclic) bond motifs is 1. The number of nitrogens with zero attached hydrogens (tertiary/aromatic N) is 1. The highest BCUT2D eigenvalue weighted by atomic mass is 32.1. The van der Waals surface area contributed by atoms with E-state index in [9.17, 15) is 0 Å². The molecule has 1 aliphatic rings. The molecular weight excluding hydrogens is 256 g/mol. The fourth-order valence-corrected chi connectivity index (χ4v) is 2.89. The third-order valence-corrected chi connectivity index (χ3v) is 4.27. The molecule has 19 heavy (non-hydrogen) atoms. The van der Waals surface area contributed by atoms with Gasteiger partial charge in [-0.05, 0) is 31.0 Å². The molecule has 2 heterocycles. The van der Waals surface area contributed by atoms with Crippen molar-refractivity contribution in [3.63, 3.8) is 0 Å². The van der Waals surface area contributed by atoms with E-state index in [1.807, 2.05) is 11.6 Å². The zero-order chi connectivity index (χ0) is 13.4. The molecule has 100 valence electrons. The van der Waals surface area contributed by atoms with Gasteiger partial charge in [-0.25, -0.2) is 4.98 Å². The Hall–Kier alpha value is -1.55. The van der Waals surface area contributed by atoms with Crippen molar-refractivity contribution < 1.29 is 4.74 Å². The van der Waals surface area contributed by atoms with Crippen molar-refractivity contribution in [2.75, 3.05) is 11.9 Å². The first-order valence-electron chi connectivity index (χ1n) is 6.60. The van der Waals surface area contributed by atoms with E-state index < -0.39 is 0 Å². The molecule has 0 spiro atoms. The minimum Gasteiger partial charge on any atom is -0.486 e. The normalized spacial score (nSPS) is 17.8. The molecule has 0 fully saturated rings. The van der Waals surface area contributed by atoms with Crippen LogP contribution in [0.4, 0.5) is 5.69 Å². The van der Waals surface area contributed by atoms with E-state index in [1.54, 1.807) is 11.3 Å². The van der Waals surface area contributed by atoms with E-state index >= 15 is 0 Å². The SMILES string of the molecule is Cc1scnc1-c1ccc2c(c1)NCC(C(C)C)O2. The van der Waals surface area contributed by atoms with Crippen LogP contribution in [0.3, 0.4) is 0 Å². The maximum absolute atomic E-state index is 6.02. The maximum Gasteiger partial charge on any atom is 0.142 e. The van der Waals surface area contributed by atoms with Gasteiger partial charge < -0.3 is 10.1 Å². The van der Waals surface area contributed by atoms with E-state index in [0.29, 0.717) is 5.92 Å². The number of nitrogens with one attached hydrogen (secondary N) is 1. The largest absolute Gasteiger partial charge is 0.486 e. The van der Waals surface area contributed by atoms with Gasteiger partial charge in [-0.3, -0.25) is 0 Å². The molecule has 0 amide bonds. The summed E-state index contributed by atoms with van der Waals surface area (Å²) >= 11 is 1.68. The van der Waals surface area contributed by atoms with E-state index in [4.69, 9.17) is 4.74 Å². The molecule has 0 saturated carbocycles. The zero-order valence-electron chi connectivity index (χ0n) is 11.4. The zero-order valence-corrected chi connectivity index (χ0v) is 12.3. The van der Waals surface area contributed by atoms with Gasteiger partial charge in [-0.15, -0.1) is 11.3 Å². The fraction of sp³-hybridized carbons (Fsp3) is 0.400. The van der Waals surface area contributed by atoms with Crippen molar-refractivity contribution in [1.82, 2.24) is 4.98 Å². The Morgan fingerprint density at radius 2 is 2.26 bits per heavy atom. The highest BCUT2D eigenvalue weighted by molar-refractivity contribution is 7.10. The molecule has 1 aromatic heterocycles. The summed E-state index contributed by atoms with van der Waals surface area (Å²) in [7, 11) is 0. The first kappa shape index (κ1) is 12.5. The summed E-state index contributed by atoms with van der Waals surface area (Å²) in [6, 6.07) is 6.27. The van der Waals surface area contributed by atoms with E-state index in [2.05, 4.69) is 43.2 Å². The Balaban J connectivity index is 1.92. The van der Waals surface area contributed by atoms with Crippen molar-refractivity contribution in [2.24, 2.45) is 5.92 Å². The molecule has 1 atom stereocenters. The molecule has 1 aromatic carbocycles. The van der Waals surface area contributed by atoms with Crippen LogP contribution in [-0.2, 0) is 0 Å². The quantitative estimate of drug-likeness (QED) is 0.900. The summed E-state index contributed by atoms with van der Waals surface area (Å²) in [5.74, 6) is 1.46. The molecule has 0 saturated heterocycles. The topological polar surface area (TPSA) is 34.2 Å². The average Bonchev–Trinajstić information content (AvgIpc) is 2.83. The van der Waals surface area contributed by atoms with Crippen LogP contribution in [0, 0.1) is 12.8 Å². The molecule has 1 aliphatic heterocycles. The van der Waals surface area contributed by atoms with Crippen LogP contribution in [0.5, 0.6) is 5.75 Å². The first-order valence-corrected chi connectivity index (χ1v) is 7.48. The smallest absolute Gasteiger partial charge is 0.142 e. The van der Waals surface area contributed by atoms with Gasteiger partial charge in [0.25, 0.3) is 0 Å². The van der Waals surface area contributed by atoms with Crippen LogP contribution in [0.2, 0.25) is 0 Å². The van der Waals surface area contributed by atoms with Gasteiger partial charge in [0.1, 0.15) is 11.9 Å². The summed E-state index contributed by atoms with van der Waals surface area (Å²) in [5.41, 5.74) is 5.18. The lowest BCUT2D eigenvalue weighted by Gasteiger charge is -2.30. The van der Waals surface area contributed by atoms with Crippen LogP contribution >= 0.6 is 11.3 Å². The van der Waals surface area contributed by atoms with Gasteiger partial charge >= 0.3 is 0 Å². The molecule has 0 radical (unpaired) electrons. The third kappa shape index (κ3) is 2.32. The molecular formula is C15H18N2OS. The number of ether oxygens (including phenoxy) is 1. The van der Waals surface area contributed by atoms with Gasteiger partial charge in [-0.1, -0.05) is 13.8 Å². The van der Waals surface area contributed by atoms with Gasteiger partial charge in [0.15, 0.2) is 0 Å². The number of benzene rings is 1. The van der Waals surface area contributed by atoms with E-state index in [-0.39, 0.29) is 6.10 Å². The van der Waals surface area contributed by atoms with Crippen LogP contribution < -0.4 is 10.1 Å². The molecule has 1 N–H and O–H groups in total. The molecule has 3 rings (SSSR count). The van der Waals surface area contributed by atoms with Crippen molar-refractivity contribution >= 4 is 17.0 Å². The van der Waals surface area contributed by atoms with Crippen molar-refractivity contribution in [3.8, 4) is 17.0 Å². The van der Waals surface area contributed by atoms with Crippen LogP contribution in [0.1, 0.15) is 18.7 Å². The lowest BCUT2D eigenvalue weighted by molar-refractivity contribution is 0.156. The van der Waals surface area contributed by atoms with Gasteiger partial charge in [0, 0.05) is 10.4 Å². The Morgan fingerprint density at radius 1 is 1.42 bits per heavy atom.